The van der Waals surface area contributed by atoms with E-state index in [0.29, 0.717) is 11.2 Å². The number of aryl methyl sites for hydroxylation is 2. The highest BCUT2D eigenvalue weighted by atomic mass is 32.1. The van der Waals surface area contributed by atoms with E-state index in [1.54, 1.807) is 0 Å². The number of carbonyl (C=O) groups excluding carboxylic acids is 1. The maximum Gasteiger partial charge on any atom is 0.257 e. The molecule has 1 aromatic heterocycles. The second kappa shape index (κ2) is 4.81. The molecule has 1 N–H and O–H groups in total. The van der Waals surface area contributed by atoms with Crippen molar-refractivity contribution in [3.8, 4) is 0 Å². The standard InChI is InChI=1S/C12H10F2N2OS/c1-6-7(2)18-12(15-6)16-11(17)8-3-9(13)5-10(14)4-8/h3-5H,1-2H3,(H,15,16,17). The van der Waals surface area contributed by atoms with Crippen molar-refractivity contribution in [2.45, 2.75) is 13.8 Å². The van der Waals surface area contributed by atoms with Crippen molar-refractivity contribution in [2.75, 3.05) is 5.32 Å². The van der Waals surface area contributed by atoms with Crippen molar-refractivity contribution in [3.63, 3.8) is 0 Å². The van der Waals surface area contributed by atoms with E-state index in [4.69, 9.17) is 0 Å². The number of hydrogen-bond donors (Lipinski definition) is 1. The largest absolute Gasteiger partial charge is 0.298 e. The molecule has 0 bridgehead atoms. The van der Waals surface area contributed by atoms with Gasteiger partial charge < -0.3 is 0 Å². The molecule has 0 atom stereocenters. The van der Waals surface area contributed by atoms with Gasteiger partial charge in [0, 0.05) is 16.5 Å². The number of hydrogen-bond acceptors (Lipinski definition) is 3. The quantitative estimate of drug-likeness (QED) is 0.908. The van der Waals surface area contributed by atoms with Crippen LogP contribution in [-0.2, 0) is 0 Å². The number of thiazole rings is 1. The summed E-state index contributed by atoms with van der Waals surface area (Å²) in [7, 11) is 0. The van der Waals surface area contributed by atoms with Crippen LogP contribution in [0, 0.1) is 25.5 Å². The van der Waals surface area contributed by atoms with Gasteiger partial charge in [0.05, 0.1) is 5.69 Å². The highest BCUT2D eigenvalue weighted by molar-refractivity contribution is 7.15. The molecule has 1 aromatic carbocycles. The number of halogens is 2. The highest BCUT2D eigenvalue weighted by Crippen LogP contribution is 2.21. The van der Waals surface area contributed by atoms with Crippen LogP contribution < -0.4 is 5.32 Å². The third-order valence-corrected chi connectivity index (χ3v) is 3.36. The smallest absolute Gasteiger partial charge is 0.257 e. The van der Waals surface area contributed by atoms with Crippen LogP contribution in [0.4, 0.5) is 13.9 Å². The summed E-state index contributed by atoms with van der Waals surface area (Å²) in [4.78, 5) is 16.9. The van der Waals surface area contributed by atoms with Gasteiger partial charge in [-0.2, -0.15) is 0 Å². The molecule has 2 aromatic rings. The van der Waals surface area contributed by atoms with Crippen molar-refractivity contribution in [3.05, 3.63) is 46.0 Å². The number of rotatable bonds is 2. The molecule has 3 nitrogen and oxygen atoms in total. The molecule has 0 radical (unpaired) electrons. The van der Waals surface area contributed by atoms with Gasteiger partial charge in [-0.25, -0.2) is 13.8 Å². The molecule has 6 heteroatoms. The first-order chi connectivity index (χ1) is 8.45. The van der Waals surface area contributed by atoms with Crippen molar-refractivity contribution in [1.82, 2.24) is 4.98 Å². The van der Waals surface area contributed by atoms with Crippen LogP contribution >= 0.6 is 11.3 Å². The number of aromatic nitrogens is 1. The van der Waals surface area contributed by atoms with Crippen molar-refractivity contribution in [2.24, 2.45) is 0 Å². The van der Waals surface area contributed by atoms with E-state index in [1.165, 1.54) is 11.3 Å². The zero-order chi connectivity index (χ0) is 13.3. The van der Waals surface area contributed by atoms with E-state index in [-0.39, 0.29) is 5.56 Å². The number of benzene rings is 1. The Hall–Kier alpha value is -1.82. The van der Waals surface area contributed by atoms with Crippen LogP contribution in [0.1, 0.15) is 20.9 Å². The molecule has 0 aliphatic rings. The van der Waals surface area contributed by atoms with Gasteiger partial charge >= 0.3 is 0 Å². The summed E-state index contributed by atoms with van der Waals surface area (Å²) in [6, 6.07) is 2.67. The van der Waals surface area contributed by atoms with Gasteiger partial charge in [0.1, 0.15) is 11.6 Å². The molecule has 1 heterocycles. The summed E-state index contributed by atoms with van der Waals surface area (Å²) in [5, 5.41) is 2.93. The van der Waals surface area contributed by atoms with Gasteiger partial charge in [0.2, 0.25) is 0 Å². The van der Waals surface area contributed by atoms with E-state index in [1.807, 2.05) is 13.8 Å². The minimum absolute atomic E-state index is 0.0713. The normalized spacial score (nSPS) is 10.4. The zero-order valence-corrected chi connectivity index (χ0v) is 10.6. The third-order valence-electron chi connectivity index (χ3n) is 2.37. The Bertz CT molecular complexity index is 570. The van der Waals surface area contributed by atoms with Crippen LogP contribution in [-0.4, -0.2) is 10.9 Å². The first-order valence-electron chi connectivity index (χ1n) is 5.17. The SMILES string of the molecule is Cc1nc(NC(=O)c2cc(F)cc(F)c2)sc1C. The Kier molecular flexibility index (Phi) is 3.38. The highest BCUT2D eigenvalue weighted by Gasteiger charge is 2.12. The summed E-state index contributed by atoms with van der Waals surface area (Å²) >= 11 is 1.32. The molecular weight excluding hydrogens is 258 g/mol. The number of nitrogens with one attached hydrogen (secondary N) is 1. The predicted molar refractivity (Wildman–Crippen MR) is 65.9 cm³/mol. The van der Waals surface area contributed by atoms with Crippen LogP contribution in [0.5, 0.6) is 0 Å². The van der Waals surface area contributed by atoms with Crippen molar-refractivity contribution >= 4 is 22.4 Å². The summed E-state index contributed by atoms with van der Waals surface area (Å²) in [5.74, 6) is -2.15. The maximum atomic E-state index is 13.0. The van der Waals surface area contributed by atoms with Crippen LogP contribution in [0.25, 0.3) is 0 Å². The maximum absolute atomic E-state index is 13.0. The van der Waals surface area contributed by atoms with Gasteiger partial charge in [0.25, 0.3) is 5.91 Å². The Morgan fingerprint density at radius 1 is 1.22 bits per heavy atom. The molecule has 0 unspecified atom stereocenters. The zero-order valence-electron chi connectivity index (χ0n) is 9.75. The lowest BCUT2D eigenvalue weighted by molar-refractivity contribution is 0.102. The molecule has 0 aliphatic carbocycles. The molecule has 2 rings (SSSR count). The van der Waals surface area contributed by atoms with E-state index in [0.717, 1.165) is 22.7 Å². The topological polar surface area (TPSA) is 42.0 Å². The molecule has 18 heavy (non-hydrogen) atoms. The fourth-order valence-electron chi connectivity index (χ4n) is 1.38. The second-order valence-corrected chi connectivity index (χ2v) is 4.98. The molecule has 94 valence electrons. The Balaban J connectivity index is 2.21. The van der Waals surface area contributed by atoms with E-state index in [9.17, 15) is 13.6 Å². The molecule has 0 spiro atoms. The van der Waals surface area contributed by atoms with Gasteiger partial charge in [0.15, 0.2) is 5.13 Å². The van der Waals surface area contributed by atoms with Crippen LogP contribution in [0.3, 0.4) is 0 Å². The van der Waals surface area contributed by atoms with E-state index in [2.05, 4.69) is 10.3 Å². The fourth-order valence-corrected chi connectivity index (χ4v) is 2.19. The number of nitrogens with zero attached hydrogens (tertiary/aromatic N) is 1. The molecule has 0 saturated heterocycles. The molecular formula is C12H10F2N2OS. The molecule has 0 aliphatic heterocycles. The minimum atomic E-state index is -0.786. The van der Waals surface area contributed by atoms with E-state index >= 15 is 0 Å². The average molecular weight is 268 g/mol. The van der Waals surface area contributed by atoms with Gasteiger partial charge in [-0.15, -0.1) is 11.3 Å². The van der Waals surface area contributed by atoms with Gasteiger partial charge in [-0.1, -0.05) is 0 Å². The van der Waals surface area contributed by atoms with E-state index < -0.39 is 17.5 Å². The Morgan fingerprint density at radius 3 is 2.33 bits per heavy atom. The van der Waals surface area contributed by atoms with Gasteiger partial charge in [-0.05, 0) is 26.0 Å². The fraction of sp³-hybridized carbons (Fsp3) is 0.167. The third kappa shape index (κ3) is 2.70. The lowest BCUT2D eigenvalue weighted by Crippen LogP contribution is -2.12. The summed E-state index contributed by atoms with van der Waals surface area (Å²) < 4.78 is 25.9. The van der Waals surface area contributed by atoms with Gasteiger partial charge in [-0.3, -0.25) is 10.1 Å². The molecule has 0 fully saturated rings. The number of anilines is 1. The minimum Gasteiger partial charge on any atom is -0.298 e. The number of carbonyl (C=O) groups is 1. The summed E-state index contributed by atoms with van der Waals surface area (Å²) in [6.07, 6.45) is 0. The van der Waals surface area contributed by atoms with Crippen molar-refractivity contribution in [1.29, 1.82) is 0 Å². The van der Waals surface area contributed by atoms with Crippen LogP contribution in [0.15, 0.2) is 18.2 Å². The summed E-state index contributed by atoms with van der Waals surface area (Å²) in [5.41, 5.74) is 0.749. The average Bonchev–Trinajstić information content (AvgIpc) is 2.56. The van der Waals surface area contributed by atoms with Crippen LogP contribution in [0.2, 0.25) is 0 Å². The summed E-state index contributed by atoms with van der Waals surface area (Å²) in [6.45, 7) is 3.70. The number of amides is 1. The molecule has 1 amide bonds. The Morgan fingerprint density at radius 2 is 1.83 bits per heavy atom. The monoisotopic (exact) mass is 268 g/mol. The second-order valence-electron chi connectivity index (χ2n) is 3.77. The molecule has 0 saturated carbocycles. The van der Waals surface area contributed by atoms with Crippen molar-refractivity contribution < 1.29 is 13.6 Å². The first kappa shape index (κ1) is 12.6. The Labute approximate surface area is 106 Å². The first-order valence-corrected chi connectivity index (χ1v) is 5.99. The lowest BCUT2D eigenvalue weighted by Gasteiger charge is -2.02. The predicted octanol–water partition coefficient (Wildman–Crippen LogP) is 3.29. The lowest BCUT2D eigenvalue weighted by atomic mass is 10.2.